The molecule has 1 aliphatic heterocycles. The maximum Gasteiger partial charge on any atom is 0.00361 e. The predicted molar refractivity (Wildman–Crippen MR) is 48.7 cm³/mol. The van der Waals surface area contributed by atoms with Crippen LogP contribution >= 0.6 is 0 Å². The van der Waals surface area contributed by atoms with Gasteiger partial charge in [-0.15, -0.1) is 0 Å². The summed E-state index contributed by atoms with van der Waals surface area (Å²) >= 11 is 0. The molecule has 1 fully saturated rings. The Hall–Kier alpha value is -0.0800. The van der Waals surface area contributed by atoms with Crippen LogP contribution in [0, 0.1) is 5.92 Å². The number of nitrogens with one attached hydrogen (secondary N) is 2. The van der Waals surface area contributed by atoms with Crippen LogP contribution in [-0.4, -0.2) is 25.7 Å². The number of rotatable bonds is 5. The zero-order valence-corrected chi connectivity index (χ0v) is 7.69. The SMILES string of the molecule is CCC(C)NCCC1CNC1. The highest BCUT2D eigenvalue weighted by atomic mass is 15.0. The van der Waals surface area contributed by atoms with Gasteiger partial charge in [-0.05, 0) is 45.3 Å². The van der Waals surface area contributed by atoms with E-state index < -0.39 is 0 Å². The number of hydrogen-bond acceptors (Lipinski definition) is 2. The van der Waals surface area contributed by atoms with Crippen LogP contribution in [0.2, 0.25) is 0 Å². The third kappa shape index (κ3) is 3.21. The maximum absolute atomic E-state index is 3.50. The summed E-state index contributed by atoms with van der Waals surface area (Å²) in [5, 5.41) is 6.79. The maximum atomic E-state index is 3.50. The Labute approximate surface area is 69.8 Å². The first-order chi connectivity index (χ1) is 5.33. The van der Waals surface area contributed by atoms with Gasteiger partial charge in [-0.25, -0.2) is 0 Å². The van der Waals surface area contributed by atoms with Crippen molar-refractivity contribution < 1.29 is 0 Å². The van der Waals surface area contributed by atoms with Crippen molar-refractivity contribution in [2.75, 3.05) is 19.6 Å². The molecule has 2 N–H and O–H groups in total. The van der Waals surface area contributed by atoms with Crippen molar-refractivity contribution in [3.05, 3.63) is 0 Å². The minimum atomic E-state index is 0.697. The molecule has 1 atom stereocenters. The topological polar surface area (TPSA) is 24.1 Å². The molecule has 11 heavy (non-hydrogen) atoms. The molecule has 1 unspecified atom stereocenters. The molecule has 2 nitrogen and oxygen atoms in total. The molecule has 0 aromatic carbocycles. The average Bonchev–Trinajstić information content (AvgIpc) is 1.94. The van der Waals surface area contributed by atoms with Crippen LogP contribution < -0.4 is 10.6 Å². The molecule has 1 saturated heterocycles. The fraction of sp³-hybridized carbons (Fsp3) is 1.00. The van der Waals surface area contributed by atoms with Gasteiger partial charge in [0.05, 0.1) is 0 Å². The molecule has 0 aromatic rings. The summed E-state index contributed by atoms with van der Waals surface area (Å²) < 4.78 is 0. The molecular weight excluding hydrogens is 136 g/mol. The minimum Gasteiger partial charge on any atom is -0.316 e. The van der Waals surface area contributed by atoms with Crippen LogP contribution in [0.3, 0.4) is 0 Å². The first-order valence-electron chi connectivity index (χ1n) is 4.77. The summed E-state index contributed by atoms with van der Waals surface area (Å²) in [4.78, 5) is 0. The van der Waals surface area contributed by atoms with E-state index in [2.05, 4.69) is 24.5 Å². The Morgan fingerprint density at radius 2 is 2.27 bits per heavy atom. The molecule has 0 aliphatic carbocycles. The van der Waals surface area contributed by atoms with Gasteiger partial charge in [-0.3, -0.25) is 0 Å². The van der Waals surface area contributed by atoms with Gasteiger partial charge >= 0.3 is 0 Å². The normalized spacial score (nSPS) is 21.3. The van der Waals surface area contributed by atoms with Gasteiger partial charge in [0, 0.05) is 6.04 Å². The summed E-state index contributed by atoms with van der Waals surface area (Å²) in [7, 11) is 0. The molecule has 1 aliphatic rings. The Morgan fingerprint density at radius 3 is 2.73 bits per heavy atom. The second-order valence-electron chi connectivity index (χ2n) is 3.58. The highest BCUT2D eigenvalue weighted by Crippen LogP contribution is 2.06. The van der Waals surface area contributed by atoms with Crippen molar-refractivity contribution in [3.8, 4) is 0 Å². The molecule has 0 saturated carbocycles. The van der Waals surface area contributed by atoms with E-state index >= 15 is 0 Å². The van der Waals surface area contributed by atoms with Crippen molar-refractivity contribution in [2.24, 2.45) is 5.92 Å². The molecule has 0 aromatic heterocycles. The van der Waals surface area contributed by atoms with Crippen molar-refractivity contribution in [2.45, 2.75) is 32.7 Å². The highest BCUT2D eigenvalue weighted by Gasteiger charge is 2.15. The van der Waals surface area contributed by atoms with Gasteiger partial charge in [0.2, 0.25) is 0 Å². The Bertz CT molecular complexity index is 95.0. The van der Waals surface area contributed by atoms with Crippen molar-refractivity contribution in [1.29, 1.82) is 0 Å². The second-order valence-corrected chi connectivity index (χ2v) is 3.58. The zero-order valence-electron chi connectivity index (χ0n) is 7.69. The van der Waals surface area contributed by atoms with E-state index in [0.29, 0.717) is 6.04 Å². The Balaban J connectivity index is 1.86. The summed E-state index contributed by atoms with van der Waals surface area (Å²) in [6, 6.07) is 0.697. The fourth-order valence-electron chi connectivity index (χ4n) is 1.23. The van der Waals surface area contributed by atoms with E-state index in [1.165, 1.54) is 32.5 Å². The predicted octanol–water partition coefficient (Wildman–Crippen LogP) is 0.984. The van der Waals surface area contributed by atoms with E-state index in [9.17, 15) is 0 Å². The van der Waals surface area contributed by atoms with Gasteiger partial charge in [-0.1, -0.05) is 6.92 Å². The molecule has 1 rings (SSSR count). The Kier molecular flexibility index (Phi) is 3.87. The van der Waals surface area contributed by atoms with Crippen molar-refractivity contribution >= 4 is 0 Å². The second kappa shape index (κ2) is 4.73. The van der Waals surface area contributed by atoms with E-state index in [4.69, 9.17) is 0 Å². The fourth-order valence-corrected chi connectivity index (χ4v) is 1.23. The van der Waals surface area contributed by atoms with Gasteiger partial charge in [-0.2, -0.15) is 0 Å². The van der Waals surface area contributed by atoms with E-state index in [1.807, 2.05) is 0 Å². The summed E-state index contributed by atoms with van der Waals surface area (Å²) in [6.45, 7) is 8.15. The lowest BCUT2D eigenvalue weighted by molar-refractivity contribution is 0.317. The van der Waals surface area contributed by atoms with Crippen molar-refractivity contribution in [1.82, 2.24) is 10.6 Å². The first-order valence-corrected chi connectivity index (χ1v) is 4.77. The number of hydrogen-bond donors (Lipinski definition) is 2. The zero-order chi connectivity index (χ0) is 8.10. The van der Waals surface area contributed by atoms with Crippen LogP contribution in [0.4, 0.5) is 0 Å². The highest BCUT2D eigenvalue weighted by molar-refractivity contribution is 4.75. The third-order valence-corrected chi connectivity index (χ3v) is 2.52. The Morgan fingerprint density at radius 1 is 1.55 bits per heavy atom. The molecule has 0 radical (unpaired) electrons. The van der Waals surface area contributed by atoms with Crippen LogP contribution in [0.25, 0.3) is 0 Å². The van der Waals surface area contributed by atoms with Crippen LogP contribution in [0.15, 0.2) is 0 Å². The van der Waals surface area contributed by atoms with Crippen LogP contribution in [0.5, 0.6) is 0 Å². The van der Waals surface area contributed by atoms with Gasteiger partial charge < -0.3 is 10.6 Å². The lowest BCUT2D eigenvalue weighted by Gasteiger charge is -2.27. The lowest BCUT2D eigenvalue weighted by Crippen LogP contribution is -2.43. The van der Waals surface area contributed by atoms with Gasteiger partial charge in [0.1, 0.15) is 0 Å². The first kappa shape index (κ1) is 9.01. The van der Waals surface area contributed by atoms with Crippen LogP contribution in [-0.2, 0) is 0 Å². The van der Waals surface area contributed by atoms with Crippen molar-refractivity contribution in [3.63, 3.8) is 0 Å². The monoisotopic (exact) mass is 156 g/mol. The minimum absolute atomic E-state index is 0.697. The largest absolute Gasteiger partial charge is 0.316 e. The van der Waals surface area contributed by atoms with E-state index in [1.54, 1.807) is 0 Å². The molecule has 0 spiro atoms. The van der Waals surface area contributed by atoms with Crippen LogP contribution in [0.1, 0.15) is 26.7 Å². The molecule has 66 valence electrons. The molecule has 0 bridgehead atoms. The van der Waals surface area contributed by atoms with E-state index in [0.717, 1.165) is 5.92 Å². The van der Waals surface area contributed by atoms with Gasteiger partial charge in [0.25, 0.3) is 0 Å². The molecular formula is C9H20N2. The molecule has 2 heteroatoms. The molecule has 0 amide bonds. The van der Waals surface area contributed by atoms with Gasteiger partial charge in [0.15, 0.2) is 0 Å². The smallest absolute Gasteiger partial charge is 0.00361 e. The van der Waals surface area contributed by atoms with E-state index in [-0.39, 0.29) is 0 Å². The summed E-state index contributed by atoms with van der Waals surface area (Å²) in [5.74, 6) is 0.951. The third-order valence-electron chi connectivity index (χ3n) is 2.52. The standard InChI is InChI=1S/C9H20N2/c1-3-8(2)11-5-4-9-6-10-7-9/h8-11H,3-7H2,1-2H3. The summed E-state index contributed by atoms with van der Waals surface area (Å²) in [6.07, 6.45) is 2.58. The summed E-state index contributed by atoms with van der Waals surface area (Å²) in [5.41, 5.74) is 0. The average molecular weight is 156 g/mol. The lowest BCUT2D eigenvalue weighted by atomic mass is 9.99. The quantitative estimate of drug-likeness (QED) is 0.620. The molecule has 1 heterocycles.